The Balaban J connectivity index is 0.00000115. The average Bonchev–Trinajstić information content (AvgIpc) is 3.09. The van der Waals surface area contributed by atoms with Gasteiger partial charge in [0.1, 0.15) is 0 Å². The van der Waals surface area contributed by atoms with Crippen molar-refractivity contribution in [1.29, 1.82) is 0 Å². The minimum Gasteiger partial charge on any atom is -0.338 e. The fourth-order valence-corrected chi connectivity index (χ4v) is 5.87. The van der Waals surface area contributed by atoms with Gasteiger partial charge in [0.05, 0.1) is 6.04 Å². The highest BCUT2D eigenvalue weighted by Gasteiger charge is 2.53. The molecule has 4 aliphatic carbocycles. The predicted molar refractivity (Wildman–Crippen MR) is 81.4 cm³/mol. The van der Waals surface area contributed by atoms with Gasteiger partial charge in [0, 0.05) is 5.41 Å². The molecular weight excluding hydrogens is 286 g/mol. The number of aromatic nitrogens is 2. The number of halogens is 1. The molecule has 1 aromatic heterocycles. The van der Waals surface area contributed by atoms with Gasteiger partial charge in [0.2, 0.25) is 5.89 Å². The molecule has 4 nitrogen and oxygen atoms in total. The van der Waals surface area contributed by atoms with E-state index in [9.17, 15) is 0 Å². The molecule has 6 rings (SSSR count). The van der Waals surface area contributed by atoms with Crippen molar-refractivity contribution < 1.29 is 4.52 Å². The lowest BCUT2D eigenvalue weighted by atomic mass is 9.49. The highest BCUT2D eigenvalue weighted by molar-refractivity contribution is 5.85. The number of nitrogens with one attached hydrogen (secondary N) is 1. The van der Waals surface area contributed by atoms with Crippen LogP contribution in [0.15, 0.2) is 4.52 Å². The van der Waals surface area contributed by atoms with Crippen molar-refractivity contribution in [2.75, 3.05) is 6.54 Å². The summed E-state index contributed by atoms with van der Waals surface area (Å²) in [6, 6.07) is 0.310. The van der Waals surface area contributed by atoms with Crippen LogP contribution in [0.5, 0.6) is 0 Å². The molecule has 5 heteroatoms. The van der Waals surface area contributed by atoms with Gasteiger partial charge in [-0.15, -0.1) is 12.4 Å². The molecule has 1 saturated heterocycles. The normalized spacial score (nSPS) is 44.0. The fourth-order valence-electron chi connectivity index (χ4n) is 5.87. The van der Waals surface area contributed by atoms with Gasteiger partial charge in [0.15, 0.2) is 5.82 Å². The van der Waals surface area contributed by atoms with Crippen molar-refractivity contribution >= 4 is 12.4 Å². The molecule has 5 fully saturated rings. The Morgan fingerprint density at radius 2 is 1.71 bits per heavy atom. The molecule has 1 aromatic rings. The van der Waals surface area contributed by atoms with Gasteiger partial charge < -0.3 is 9.84 Å². The van der Waals surface area contributed by atoms with Crippen LogP contribution in [0.2, 0.25) is 0 Å². The van der Waals surface area contributed by atoms with Crippen molar-refractivity contribution in [3.8, 4) is 0 Å². The van der Waals surface area contributed by atoms with Crippen molar-refractivity contribution in [1.82, 2.24) is 15.5 Å². The first-order valence-electron chi connectivity index (χ1n) is 8.38. The van der Waals surface area contributed by atoms with E-state index in [1.54, 1.807) is 0 Å². The molecule has 1 atom stereocenters. The number of hydrogen-bond acceptors (Lipinski definition) is 4. The predicted octanol–water partition coefficient (Wildman–Crippen LogP) is 3.38. The van der Waals surface area contributed by atoms with E-state index in [-0.39, 0.29) is 17.8 Å². The Kier molecular flexibility index (Phi) is 3.30. The van der Waals surface area contributed by atoms with Gasteiger partial charge in [-0.3, -0.25) is 0 Å². The summed E-state index contributed by atoms with van der Waals surface area (Å²) < 4.78 is 5.61. The summed E-state index contributed by atoms with van der Waals surface area (Å²) in [6.45, 7) is 1.08. The van der Waals surface area contributed by atoms with Gasteiger partial charge in [-0.05, 0) is 75.7 Å². The Morgan fingerprint density at radius 1 is 1.05 bits per heavy atom. The second kappa shape index (κ2) is 4.95. The largest absolute Gasteiger partial charge is 0.338 e. The lowest BCUT2D eigenvalue weighted by Gasteiger charge is -2.55. The van der Waals surface area contributed by atoms with Crippen LogP contribution in [-0.4, -0.2) is 16.7 Å². The van der Waals surface area contributed by atoms with Crippen LogP contribution in [0.1, 0.15) is 69.1 Å². The monoisotopic (exact) mass is 309 g/mol. The maximum absolute atomic E-state index is 5.61. The zero-order valence-corrected chi connectivity index (χ0v) is 13.2. The Morgan fingerprint density at radius 3 is 2.29 bits per heavy atom. The zero-order valence-electron chi connectivity index (χ0n) is 12.4. The van der Waals surface area contributed by atoms with Crippen molar-refractivity contribution in [2.24, 2.45) is 17.8 Å². The van der Waals surface area contributed by atoms with E-state index in [4.69, 9.17) is 9.51 Å². The van der Waals surface area contributed by atoms with Crippen molar-refractivity contribution in [3.05, 3.63) is 11.7 Å². The van der Waals surface area contributed by atoms with Crippen LogP contribution in [0.4, 0.5) is 0 Å². The molecule has 21 heavy (non-hydrogen) atoms. The molecule has 0 aromatic carbocycles. The smallest absolute Gasteiger partial charge is 0.243 e. The maximum atomic E-state index is 5.61. The third-order valence-corrected chi connectivity index (χ3v) is 6.31. The fraction of sp³-hybridized carbons (Fsp3) is 0.875. The van der Waals surface area contributed by atoms with E-state index in [2.05, 4.69) is 10.5 Å². The van der Waals surface area contributed by atoms with Crippen molar-refractivity contribution in [3.63, 3.8) is 0 Å². The van der Waals surface area contributed by atoms with Crippen LogP contribution in [0.3, 0.4) is 0 Å². The summed E-state index contributed by atoms with van der Waals surface area (Å²) >= 11 is 0. The molecule has 2 heterocycles. The van der Waals surface area contributed by atoms with Crippen LogP contribution in [-0.2, 0) is 5.41 Å². The van der Waals surface area contributed by atoms with Gasteiger partial charge >= 0.3 is 0 Å². The number of rotatable bonds is 2. The summed E-state index contributed by atoms with van der Waals surface area (Å²) in [7, 11) is 0. The molecule has 0 radical (unpaired) electrons. The van der Waals surface area contributed by atoms with E-state index in [0.29, 0.717) is 6.04 Å². The molecule has 0 unspecified atom stereocenters. The lowest BCUT2D eigenvalue weighted by Crippen LogP contribution is -2.49. The topological polar surface area (TPSA) is 51.0 Å². The first-order valence-corrected chi connectivity index (χ1v) is 8.38. The van der Waals surface area contributed by atoms with E-state index >= 15 is 0 Å². The third kappa shape index (κ3) is 2.14. The van der Waals surface area contributed by atoms with Crippen molar-refractivity contribution in [2.45, 2.75) is 62.8 Å². The van der Waals surface area contributed by atoms with E-state index in [1.807, 2.05) is 0 Å². The highest BCUT2D eigenvalue weighted by Crippen LogP contribution is 2.60. The molecule has 4 bridgehead atoms. The average molecular weight is 310 g/mol. The number of hydrogen-bond donors (Lipinski definition) is 1. The van der Waals surface area contributed by atoms with Gasteiger partial charge in [-0.25, -0.2) is 0 Å². The molecule has 0 spiro atoms. The molecule has 0 amide bonds. The minimum absolute atomic E-state index is 0. The van der Waals surface area contributed by atoms with Crippen LogP contribution < -0.4 is 5.32 Å². The van der Waals surface area contributed by atoms with Crippen LogP contribution >= 0.6 is 12.4 Å². The van der Waals surface area contributed by atoms with E-state index in [0.717, 1.165) is 42.4 Å². The maximum Gasteiger partial charge on any atom is 0.243 e. The molecule has 5 aliphatic rings. The van der Waals surface area contributed by atoms with Crippen LogP contribution in [0.25, 0.3) is 0 Å². The minimum atomic E-state index is 0. The summed E-state index contributed by atoms with van der Waals surface area (Å²) in [4.78, 5) is 4.84. The van der Waals surface area contributed by atoms with Gasteiger partial charge in [-0.1, -0.05) is 5.16 Å². The molecular formula is C16H24ClN3O. The summed E-state index contributed by atoms with van der Waals surface area (Å²) in [5.74, 6) is 4.70. The Bertz CT molecular complexity index is 488. The molecule has 4 saturated carbocycles. The van der Waals surface area contributed by atoms with Gasteiger partial charge in [0.25, 0.3) is 0 Å². The first kappa shape index (κ1) is 14.0. The lowest BCUT2D eigenvalue weighted by molar-refractivity contribution is -0.0103. The second-order valence-electron chi connectivity index (χ2n) is 7.80. The Hall–Kier alpha value is -0.610. The summed E-state index contributed by atoms with van der Waals surface area (Å²) in [6.07, 6.45) is 10.7. The van der Waals surface area contributed by atoms with Gasteiger partial charge in [-0.2, -0.15) is 4.98 Å². The molecule has 1 N–H and O–H groups in total. The first-order chi connectivity index (χ1) is 9.81. The molecule has 1 aliphatic heterocycles. The summed E-state index contributed by atoms with van der Waals surface area (Å²) in [5, 5.41) is 7.89. The second-order valence-corrected chi connectivity index (χ2v) is 7.80. The standard InChI is InChI=1S/C16H23N3O.ClH/c1-2-13(17-3-1)14-18-15(19-20-14)16-7-10-4-11(8-16)6-12(5-10)9-16;/h10-13,17H,1-9H2;1H/t10?,11?,12?,13-,16?;/m0./s1. The SMILES string of the molecule is C1CN[C@H](c2nc(C34CC5CC(CC(C5)C3)C4)no2)C1.Cl. The highest BCUT2D eigenvalue weighted by atomic mass is 35.5. The number of nitrogens with zero attached hydrogens (tertiary/aromatic N) is 2. The van der Waals surface area contributed by atoms with E-state index in [1.165, 1.54) is 44.9 Å². The summed E-state index contributed by atoms with van der Waals surface area (Å²) in [5.41, 5.74) is 0.273. The van der Waals surface area contributed by atoms with E-state index < -0.39 is 0 Å². The molecule has 116 valence electrons. The Labute approximate surface area is 131 Å². The third-order valence-electron chi connectivity index (χ3n) is 6.31. The zero-order chi connectivity index (χ0) is 13.2. The van der Waals surface area contributed by atoms with Crippen LogP contribution in [0, 0.1) is 17.8 Å². The quantitative estimate of drug-likeness (QED) is 0.910.